The Morgan fingerprint density at radius 1 is 1.29 bits per heavy atom. The van der Waals surface area contributed by atoms with Gasteiger partial charge in [0.05, 0.1) is 12.0 Å². The molecule has 10 heteroatoms. The summed E-state index contributed by atoms with van der Waals surface area (Å²) in [6.45, 7) is 2.38. The van der Waals surface area contributed by atoms with Gasteiger partial charge in [-0.2, -0.15) is 0 Å². The Morgan fingerprint density at radius 3 is 2.48 bits per heavy atom. The Balaban J connectivity index is 1.94. The second-order valence-electron chi connectivity index (χ2n) is 7.59. The highest BCUT2D eigenvalue weighted by Crippen LogP contribution is 2.28. The molecule has 0 spiro atoms. The minimum atomic E-state index is -0.719. The Hall–Kier alpha value is -3.43. The van der Waals surface area contributed by atoms with E-state index >= 15 is 0 Å². The van der Waals surface area contributed by atoms with Crippen molar-refractivity contribution < 1.29 is 24.0 Å². The molecule has 0 radical (unpaired) electrons. The number of esters is 1. The molecule has 0 aromatic heterocycles. The number of hydrogen-bond acceptors (Lipinski definition) is 7. The highest BCUT2D eigenvalue weighted by Gasteiger charge is 2.28. The number of benzene rings is 1. The van der Waals surface area contributed by atoms with Crippen LogP contribution in [0.4, 0.5) is 11.4 Å². The molecule has 1 aliphatic heterocycles. The maximum Gasteiger partial charge on any atom is 0.328 e. The normalized spacial score (nSPS) is 15.4. The maximum absolute atomic E-state index is 12.5. The van der Waals surface area contributed by atoms with Gasteiger partial charge in [-0.25, -0.2) is 4.79 Å². The number of anilines is 1. The predicted octanol–water partition coefficient (Wildman–Crippen LogP) is 1.59. The maximum atomic E-state index is 12.5. The van der Waals surface area contributed by atoms with Gasteiger partial charge in [-0.15, -0.1) is 0 Å². The van der Waals surface area contributed by atoms with Crippen molar-refractivity contribution >= 4 is 35.2 Å². The summed E-state index contributed by atoms with van der Waals surface area (Å²) in [5, 5.41) is 13.9. The summed E-state index contributed by atoms with van der Waals surface area (Å²) in [4.78, 5) is 50.3. The van der Waals surface area contributed by atoms with E-state index in [9.17, 15) is 24.5 Å². The number of nitrogens with one attached hydrogen (secondary N) is 1. The summed E-state index contributed by atoms with van der Waals surface area (Å²) in [7, 11) is 4.71. The molecule has 168 valence electrons. The van der Waals surface area contributed by atoms with E-state index in [2.05, 4.69) is 10.1 Å². The van der Waals surface area contributed by atoms with Gasteiger partial charge in [-0.05, 0) is 37.5 Å². The van der Waals surface area contributed by atoms with Gasteiger partial charge in [0.25, 0.3) is 5.69 Å². The number of nitro groups is 1. The van der Waals surface area contributed by atoms with Crippen molar-refractivity contribution in [2.75, 3.05) is 39.2 Å². The van der Waals surface area contributed by atoms with E-state index in [4.69, 9.17) is 0 Å². The van der Waals surface area contributed by atoms with Crippen molar-refractivity contribution in [3.63, 3.8) is 0 Å². The molecular formula is C21H28N4O6. The topological polar surface area (TPSA) is 122 Å². The first-order chi connectivity index (χ1) is 14.6. The van der Waals surface area contributed by atoms with Gasteiger partial charge >= 0.3 is 5.97 Å². The summed E-state index contributed by atoms with van der Waals surface area (Å²) in [6.07, 6.45) is 3.91. The van der Waals surface area contributed by atoms with Gasteiger partial charge in [-0.3, -0.25) is 19.7 Å². The van der Waals surface area contributed by atoms with Gasteiger partial charge in [0.1, 0.15) is 11.7 Å². The Kier molecular flexibility index (Phi) is 8.12. The Morgan fingerprint density at radius 2 is 1.94 bits per heavy atom. The lowest BCUT2D eigenvalue weighted by atomic mass is 9.95. The van der Waals surface area contributed by atoms with Crippen LogP contribution in [0.1, 0.15) is 25.3 Å². The second-order valence-corrected chi connectivity index (χ2v) is 7.59. The van der Waals surface area contributed by atoms with Crippen LogP contribution in [0.2, 0.25) is 0 Å². The van der Waals surface area contributed by atoms with Gasteiger partial charge in [0.2, 0.25) is 11.8 Å². The van der Waals surface area contributed by atoms with E-state index in [0.717, 1.165) is 0 Å². The summed E-state index contributed by atoms with van der Waals surface area (Å²) in [5.74, 6) is -1.23. The molecule has 2 rings (SSSR count). The van der Waals surface area contributed by atoms with Crippen molar-refractivity contribution in [3.05, 3.63) is 40.0 Å². The molecule has 1 fully saturated rings. The molecule has 31 heavy (non-hydrogen) atoms. The van der Waals surface area contributed by atoms with E-state index in [1.807, 2.05) is 0 Å². The van der Waals surface area contributed by atoms with E-state index in [1.165, 1.54) is 19.3 Å². The van der Waals surface area contributed by atoms with Crippen LogP contribution in [-0.4, -0.2) is 67.9 Å². The lowest BCUT2D eigenvalue weighted by Gasteiger charge is -2.31. The third-order valence-corrected chi connectivity index (χ3v) is 5.19. The molecule has 1 heterocycles. The first-order valence-electron chi connectivity index (χ1n) is 9.95. The molecule has 0 saturated carbocycles. The van der Waals surface area contributed by atoms with E-state index in [1.54, 1.807) is 49.0 Å². The van der Waals surface area contributed by atoms with Gasteiger partial charge in [0, 0.05) is 45.2 Å². The molecular weight excluding hydrogens is 404 g/mol. The number of likely N-dealkylation sites (tertiary alicyclic amines) is 1. The van der Waals surface area contributed by atoms with Crippen LogP contribution >= 0.6 is 0 Å². The zero-order valence-electron chi connectivity index (χ0n) is 18.2. The van der Waals surface area contributed by atoms with Crippen molar-refractivity contribution in [3.8, 4) is 0 Å². The number of hydrogen-bond donors (Lipinski definition) is 1. The Bertz CT molecular complexity index is 875. The minimum absolute atomic E-state index is 0.0346. The first-order valence-corrected chi connectivity index (χ1v) is 9.95. The molecule has 0 bridgehead atoms. The van der Waals surface area contributed by atoms with Crippen LogP contribution < -0.4 is 10.2 Å². The highest BCUT2D eigenvalue weighted by atomic mass is 16.6. The molecule has 0 aliphatic carbocycles. The molecule has 1 atom stereocenters. The average Bonchev–Trinajstić information content (AvgIpc) is 2.76. The van der Waals surface area contributed by atoms with Crippen molar-refractivity contribution in [1.29, 1.82) is 0 Å². The third-order valence-electron chi connectivity index (χ3n) is 5.19. The second kappa shape index (κ2) is 10.6. The largest absolute Gasteiger partial charge is 0.467 e. The SMILES string of the molecule is COC(=O)C(C)NC(=O)C1CCN(C(=O)/C=C/c2ccc(N(C)C)c([N+](=O)[O-])c2)CC1. The van der Waals surface area contributed by atoms with Crippen molar-refractivity contribution in [2.24, 2.45) is 5.92 Å². The molecule has 2 amide bonds. The smallest absolute Gasteiger partial charge is 0.328 e. The fourth-order valence-electron chi connectivity index (χ4n) is 3.37. The fraction of sp³-hybridized carbons (Fsp3) is 0.476. The first kappa shape index (κ1) is 23.8. The number of amides is 2. The lowest BCUT2D eigenvalue weighted by Crippen LogP contribution is -2.46. The molecule has 10 nitrogen and oxygen atoms in total. The number of ether oxygens (including phenoxy) is 1. The van der Waals surface area contributed by atoms with Crippen LogP contribution in [0, 0.1) is 16.0 Å². The molecule has 1 aromatic rings. The fourth-order valence-corrected chi connectivity index (χ4v) is 3.37. The summed E-state index contributed by atoms with van der Waals surface area (Å²) in [6, 6.07) is 4.06. The standard InChI is InChI=1S/C21H28N4O6/c1-14(21(28)31-4)22-20(27)16-9-11-24(12-10-16)19(26)8-6-15-5-7-17(23(2)3)18(13-15)25(29)30/h5-8,13-14,16H,9-12H2,1-4H3,(H,22,27)/b8-6+. The number of carbonyl (C=O) groups excluding carboxylic acids is 3. The van der Waals surface area contributed by atoms with E-state index < -0.39 is 16.9 Å². The van der Waals surface area contributed by atoms with Gasteiger partial charge in [0.15, 0.2) is 0 Å². The average molecular weight is 432 g/mol. The summed E-state index contributed by atoms with van der Waals surface area (Å²) < 4.78 is 4.60. The quantitative estimate of drug-likeness (QED) is 0.300. The van der Waals surface area contributed by atoms with E-state index in [0.29, 0.717) is 37.2 Å². The van der Waals surface area contributed by atoms with Crippen LogP contribution in [0.3, 0.4) is 0 Å². The summed E-state index contributed by atoms with van der Waals surface area (Å²) >= 11 is 0. The van der Waals surface area contributed by atoms with Gasteiger partial charge in [-0.1, -0.05) is 6.07 Å². The number of nitrogens with zero attached hydrogens (tertiary/aromatic N) is 3. The van der Waals surface area contributed by atoms with Crippen LogP contribution in [-0.2, 0) is 19.1 Å². The molecule has 1 saturated heterocycles. The third kappa shape index (κ3) is 6.27. The zero-order valence-corrected chi connectivity index (χ0v) is 18.2. The van der Waals surface area contributed by atoms with Crippen molar-refractivity contribution in [1.82, 2.24) is 10.2 Å². The number of nitro benzene ring substituents is 1. The number of methoxy groups -OCH3 is 1. The molecule has 1 aromatic carbocycles. The molecule has 1 aliphatic rings. The molecule has 1 N–H and O–H groups in total. The lowest BCUT2D eigenvalue weighted by molar-refractivity contribution is -0.384. The minimum Gasteiger partial charge on any atom is -0.467 e. The van der Waals surface area contributed by atoms with Gasteiger partial charge < -0.3 is 19.9 Å². The number of carbonyl (C=O) groups is 3. The van der Waals surface area contributed by atoms with Crippen LogP contribution in [0.15, 0.2) is 24.3 Å². The predicted molar refractivity (Wildman–Crippen MR) is 115 cm³/mol. The zero-order chi connectivity index (χ0) is 23.1. The van der Waals surface area contributed by atoms with Crippen LogP contribution in [0.5, 0.6) is 0 Å². The highest BCUT2D eigenvalue weighted by molar-refractivity contribution is 5.92. The van der Waals surface area contributed by atoms with Crippen LogP contribution in [0.25, 0.3) is 6.08 Å². The Labute approximate surface area is 181 Å². The van der Waals surface area contributed by atoms with E-state index in [-0.39, 0.29) is 23.4 Å². The van der Waals surface area contributed by atoms with Crippen molar-refractivity contribution in [2.45, 2.75) is 25.8 Å². The summed E-state index contributed by atoms with van der Waals surface area (Å²) in [5.41, 5.74) is 1.000. The number of piperidine rings is 1. The monoisotopic (exact) mass is 432 g/mol. The molecule has 1 unspecified atom stereocenters. The number of rotatable bonds is 7.